The molecule has 0 spiro atoms. The number of pyridine rings is 1. The Bertz CT molecular complexity index is 523. The number of aryl methyl sites for hydroxylation is 2. The molecule has 2 nitrogen and oxygen atoms in total. The van der Waals surface area contributed by atoms with Crippen LogP contribution in [0, 0.1) is 19.7 Å². The fourth-order valence-corrected chi connectivity index (χ4v) is 1.65. The number of nitrogens with zero attached hydrogens (tertiary/aromatic N) is 1. The van der Waals surface area contributed by atoms with E-state index < -0.39 is 0 Å². The summed E-state index contributed by atoms with van der Waals surface area (Å²) in [5, 5.41) is 3.23. The standard InChI is InChI=1S/C14H15FN2/c1-10-8-12(6-7-14(10)15)16-9-13-5-3-4-11(2)17-13/h3-8,16H,9H2,1-2H3. The summed E-state index contributed by atoms with van der Waals surface area (Å²) in [5.41, 5.74) is 3.53. The van der Waals surface area contributed by atoms with Gasteiger partial charge in [-0.1, -0.05) is 6.07 Å². The van der Waals surface area contributed by atoms with Gasteiger partial charge in [-0.2, -0.15) is 0 Å². The van der Waals surface area contributed by atoms with Gasteiger partial charge in [0.15, 0.2) is 0 Å². The summed E-state index contributed by atoms with van der Waals surface area (Å²) >= 11 is 0. The largest absolute Gasteiger partial charge is 0.379 e. The number of hydrogen-bond acceptors (Lipinski definition) is 2. The van der Waals surface area contributed by atoms with E-state index in [9.17, 15) is 4.39 Å². The first-order valence-electron chi connectivity index (χ1n) is 5.58. The molecule has 2 rings (SSSR count). The van der Waals surface area contributed by atoms with E-state index in [1.165, 1.54) is 6.07 Å². The molecule has 0 bridgehead atoms. The van der Waals surface area contributed by atoms with Crippen LogP contribution < -0.4 is 5.32 Å². The molecule has 17 heavy (non-hydrogen) atoms. The van der Waals surface area contributed by atoms with Crippen LogP contribution in [-0.2, 0) is 6.54 Å². The van der Waals surface area contributed by atoms with Crippen molar-refractivity contribution in [2.75, 3.05) is 5.32 Å². The van der Waals surface area contributed by atoms with E-state index in [1.54, 1.807) is 19.1 Å². The minimum atomic E-state index is -0.177. The molecule has 1 N–H and O–H groups in total. The van der Waals surface area contributed by atoms with Crippen molar-refractivity contribution in [1.29, 1.82) is 0 Å². The van der Waals surface area contributed by atoms with E-state index in [0.717, 1.165) is 17.1 Å². The minimum Gasteiger partial charge on any atom is -0.379 e. The van der Waals surface area contributed by atoms with Gasteiger partial charge in [-0.3, -0.25) is 4.98 Å². The molecule has 0 atom stereocenters. The van der Waals surface area contributed by atoms with Gasteiger partial charge in [-0.25, -0.2) is 4.39 Å². The van der Waals surface area contributed by atoms with Gasteiger partial charge in [-0.15, -0.1) is 0 Å². The van der Waals surface area contributed by atoms with Gasteiger partial charge in [0.1, 0.15) is 5.82 Å². The first-order chi connectivity index (χ1) is 8.15. The summed E-state index contributed by atoms with van der Waals surface area (Å²) in [4.78, 5) is 4.39. The molecule has 1 heterocycles. The monoisotopic (exact) mass is 230 g/mol. The average Bonchev–Trinajstić information content (AvgIpc) is 2.31. The number of benzene rings is 1. The highest BCUT2D eigenvalue weighted by Gasteiger charge is 1.99. The molecular formula is C14H15FN2. The van der Waals surface area contributed by atoms with Crippen molar-refractivity contribution >= 4 is 5.69 Å². The van der Waals surface area contributed by atoms with Crippen molar-refractivity contribution in [3.8, 4) is 0 Å². The Morgan fingerprint density at radius 2 is 2.00 bits per heavy atom. The Morgan fingerprint density at radius 3 is 2.71 bits per heavy atom. The number of rotatable bonds is 3. The molecule has 0 aliphatic rings. The first-order valence-corrected chi connectivity index (χ1v) is 5.58. The van der Waals surface area contributed by atoms with Crippen molar-refractivity contribution in [2.45, 2.75) is 20.4 Å². The van der Waals surface area contributed by atoms with E-state index in [4.69, 9.17) is 0 Å². The van der Waals surface area contributed by atoms with Gasteiger partial charge in [-0.05, 0) is 49.7 Å². The van der Waals surface area contributed by atoms with Crippen molar-refractivity contribution in [1.82, 2.24) is 4.98 Å². The highest BCUT2D eigenvalue weighted by atomic mass is 19.1. The van der Waals surface area contributed by atoms with Crippen LogP contribution in [0.2, 0.25) is 0 Å². The second-order valence-corrected chi connectivity index (χ2v) is 4.09. The predicted octanol–water partition coefficient (Wildman–Crippen LogP) is 3.45. The normalized spacial score (nSPS) is 10.3. The number of halogens is 1. The van der Waals surface area contributed by atoms with Crippen LogP contribution in [0.1, 0.15) is 17.0 Å². The molecule has 0 radical (unpaired) electrons. The van der Waals surface area contributed by atoms with Gasteiger partial charge in [0, 0.05) is 11.4 Å². The lowest BCUT2D eigenvalue weighted by Gasteiger charge is -2.07. The number of anilines is 1. The third-order valence-electron chi connectivity index (χ3n) is 2.58. The second-order valence-electron chi connectivity index (χ2n) is 4.09. The molecule has 0 saturated heterocycles. The Hall–Kier alpha value is -1.90. The molecular weight excluding hydrogens is 215 g/mol. The summed E-state index contributed by atoms with van der Waals surface area (Å²) in [5.74, 6) is -0.177. The summed E-state index contributed by atoms with van der Waals surface area (Å²) in [6.45, 7) is 4.36. The first kappa shape index (κ1) is 11.6. The van der Waals surface area contributed by atoms with Crippen LogP contribution in [0.4, 0.5) is 10.1 Å². The zero-order valence-corrected chi connectivity index (χ0v) is 10.00. The Balaban J connectivity index is 2.05. The smallest absolute Gasteiger partial charge is 0.126 e. The molecule has 0 aliphatic carbocycles. The number of nitrogens with one attached hydrogen (secondary N) is 1. The van der Waals surface area contributed by atoms with Gasteiger partial charge in [0.2, 0.25) is 0 Å². The van der Waals surface area contributed by atoms with Crippen LogP contribution in [0.3, 0.4) is 0 Å². The number of aromatic nitrogens is 1. The van der Waals surface area contributed by atoms with E-state index in [0.29, 0.717) is 12.1 Å². The van der Waals surface area contributed by atoms with Gasteiger partial charge >= 0.3 is 0 Å². The third kappa shape index (κ3) is 3.03. The maximum absolute atomic E-state index is 13.1. The fourth-order valence-electron chi connectivity index (χ4n) is 1.65. The predicted molar refractivity (Wildman–Crippen MR) is 67.4 cm³/mol. The zero-order chi connectivity index (χ0) is 12.3. The topological polar surface area (TPSA) is 24.9 Å². The SMILES string of the molecule is Cc1cccc(CNc2ccc(F)c(C)c2)n1. The lowest BCUT2D eigenvalue weighted by Crippen LogP contribution is -2.02. The average molecular weight is 230 g/mol. The zero-order valence-electron chi connectivity index (χ0n) is 10.00. The van der Waals surface area contributed by atoms with Crippen molar-refractivity contribution in [3.05, 3.63) is 59.2 Å². The van der Waals surface area contributed by atoms with E-state index in [-0.39, 0.29) is 5.82 Å². The van der Waals surface area contributed by atoms with Crippen molar-refractivity contribution < 1.29 is 4.39 Å². The summed E-state index contributed by atoms with van der Waals surface area (Å²) in [7, 11) is 0. The highest BCUT2D eigenvalue weighted by Crippen LogP contribution is 2.14. The number of hydrogen-bond donors (Lipinski definition) is 1. The summed E-state index contributed by atoms with van der Waals surface area (Å²) < 4.78 is 13.1. The molecule has 0 saturated carbocycles. The maximum Gasteiger partial charge on any atom is 0.126 e. The summed E-state index contributed by atoms with van der Waals surface area (Å²) in [6, 6.07) is 10.9. The third-order valence-corrected chi connectivity index (χ3v) is 2.58. The quantitative estimate of drug-likeness (QED) is 0.873. The molecule has 3 heteroatoms. The van der Waals surface area contributed by atoms with E-state index >= 15 is 0 Å². The van der Waals surface area contributed by atoms with Crippen LogP contribution in [-0.4, -0.2) is 4.98 Å². The molecule has 1 aromatic heterocycles. The van der Waals surface area contributed by atoms with Crippen LogP contribution in [0.15, 0.2) is 36.4 Å². The fraction of sp³-hybridized carbons (Fsp3) is 0.214. The van der Waals surface area contributed by atoms with Gasteiger partial charge in [0.05, 0.1) is 12.2 Å². The Morgan fingerprint density at radius 1 is 1.18 bits per heavy atom. The maximum atomic E-state index is 13.1. The molecule has 2 aromatic rings. The van der Waals surface area contributed by atoms with Gasteiger partial charge in [0.25, 0.3) is 0 Å². The Labute approximate surface area is 101 Å². The lowest BCUT2D eigenvalue weighted by atomic mass is 10.2. The van der Waals surface area contributed by atoms with Crippen LogP contribution >= 0.6 is 0 Å². The molecule has 0 amide bonds. The molecule has 1 aromatic carbocycles. The molecule has 0 aliphatic heterocycles. The van der Waals surface area contributed by atoms with Crippen LogP contribution in [0.25, 0.3) is 0 Å². The second kappa shape index (κ2) is 4.95. The molecule has 0 fully saturated rings. The molecule has 88 valence electrons. The lowest BCUT2D eigenvalue weighted by molar-refractivity contribution is 0.618. The molecule has 0 unspecified atom stereocenters. The van der Waals surface area contributed by atoms with E-state index in [1.807, 2.05) is 25.1 Å². The van der Waals surface area contributed by atoms with Crippen molar-refractivity contribution in [3.63, 3.8) is 0 Å². The van der Waals surface area contributed by atoms with Crippen molar-refractivity contribution in [2.24, 2.45) is 0 Å². The van der Waals surface area contributed by atoms with Gasteiger partial charge < -0.3 is 5.32 Å². The summed E-state index contributed by atoms with van der Waals surface area (Å²) in [6.07, 6.45) is 0. The van der Waals surface area contributed by atoms with E-state index in [2.05, 4.69) is 10.3 Å². The van der Waals surface area contributed by atoms with Crippen LogP contribution in [0.5, 0.6) is 0 Å². The minimum absolute atomic E-state index is 0.177. The highest BCUT2D eigenvalue weighted by molar-refractivity contribution is 5.46. The Kier molecular flexibility index (Phi) is 3.38.